The van der Waals surface area contributed by atoms with E-state index < -0.39 is 5.60 Å². The summed E-state index contributed by atoms with van der Waals surface area (Å²) in [5.74, 6) is 1.00. The van der Waals surface area contributed by atoms with Crippen molar-refractivity contribution in [1.29, 1.82) is 0 Å². The Labute approximate surface area is 198 Å². The van der Waals surface area contributed by atoms with Gasteiger partial charge in [0, 0.05) is 17.7 Å². The Morgan fingerprint density at radius 1 is 0.794 bits per heavy atom. The summed E-state index contributed by atoms with van der Waals surface area (Å²) in [4.78, 5) is 13.1. The Bertz CT molecular complexity index is 1450. The van der Waals surface area contributed by atoms with Crippen molar-refractivity contribution in [1.82, 2.24) is 0 Å². The fourth-order valence-electron chi connectivity index (χ4n) is 5.09. The highest BCUT2D eigenvalue weighted by molar-refractivity contribution is 5.98. The molecule has 5 nitrogen and oxygen atoms in total. The first-order valence-corrected chi connectivity index (χ1v) is 11.5. The van der Waals surface area contributed by atoms with Gasteiger partial charge in [-0.2, -0.15) is 0 Å². The zero-order chi connectivity index (χ0) is 23.3. The molecule has 0 fully saturated rings. The molecule has 1 atom stereocenters. The van der Waals surface area contributed by atoms with Crippen LogP contribution in [0.15, 0.2) is 84.9 Å². The number of hydrogen-bond acceptors (Lipinski definition) is 5. The molecular weight excluding hydrogens is 424 g/mol. The van der Waals surface area contributed by atoms with E-state index >= 15 is 0 Å². The maximum atomic E-state index is 13.1. The number of para-hydroxylation sites is 2. The largest absolute Gasteiger partial charge is 0.456 e. The van der Waals surface area contributed by atoms with Gasteiger partial charge in [-0.25, -0.2) is 4.79 Å². The fourth-order valence-corrected chi connectivity index (χ4v) is 5.09. The van der Waals surface area contributed by atoms with Gasteiger partial charge in [0.05, 0.1) is 28.2 Å². The maximum Gasteiger partial charge on any atom is 0.340 e. The van der Waals surface area contributed by atoms with E-state index in [1.807, 2.05) is 72.8 Å². The molecular formula is C29H24N2O3. The molecule has 0 amide bonds. The van der Waals surface area contributed by atoms with Crippen molar-refractivity contribution in [2.75, 3.05) is 17.2 Å². The zero-order valence-electron chi connectivity index (χ0n) is 19.0. The van der Waals surface area contributed by atoms with Gasteiger partial charge in [0.15, 0.2) is 5.60 Å². The minimum atomic E-state index is -1.11. The highest BCUT2D eigenvalue weighted by Crippen LogP contribution is 2.58. The van der Waals surface area contributed by atoms with Crippen LogP contribution in [0.5, 0.6) is 11.5 Å². The van der Waals surface area contributed by atoms with Crippen molar-refractivity contribution in [3.05, 3.63) is 113 Å². The van der Waals surface area contributed by atoms with Crippen LogP contribution in [0.1, 0.15) is 39.5 Å². The summed E-state index contributed by atoms with van der Waals surface area (Å²) < 4.78 is 12.7. The number of carbonyl (C=O) groups excluding carboxylic acids is 1. The van der Waals surface area contributed by atoms with E-state index in [1.165, 1.54) is 0 Å². The number of hydrogen-bond donors (Lipinski definition) is 2. The van der Waals surface area contributed by atoms with E-state index in [1.54, 1.807) is 0 Å². The molecule has 0 bridgehead atoms. The molecule has 5 heteroatoms. The topological polar surface area (TPSA) is 59.6 Å². The van der Waals surface area contributed by atoms with Crippen LogP contribution in [0, 0.1) is 6.92 Å². The monoisotopic (exact) mass is 448 g/mol. The predicted molar refractivity (Wildman–Crippen MR) is 133 cm³/mol. The van der Waals surface area contributed by atoms with Crippen molar-refractivity contribution in [2.45, 2.75) is 19.4 Å². The van der Waals surface area contributed by atoms with Gasteiger partial charge in [-0.05, 0) is 49.7 Å². The lowest BCUT2D eigenvalue weighted by atomic mass is 9.77. The molecule has 4 aromatic rings. The Hall–Kier alpha value is -4.25. The number of benzene rings is 4. The number of nitrogens with one attached hydrogen (secondary N) is 2. The molecule has 2 aliphatic rings. The van der Waals surface area contributed by atoms with Crippen molar-refractivity contribution >= 4 is 23.0 Å². The minimum absolute atomic E-state index is 0.336. The van der Waals surface area contributed by atoms with Crippen molar-refractivity contribution in [3.8, 4) is 11.5 Å². The SMILES string of the molecule is CCNc1cccc(C)c1Nc1cccc2c1C1(OC(=O)c3ccccc31)c1ccccc1O2. The Morgan fingerprint density at radius 3 is 2.35 bits per heavy atom. The summed E-state index contributed by atoms with van der Waals surface area (Å²) in [6.45, 7) is 4.95. The average molecular weight is 449 g/mol. The van der Waals surface area contributed by atoms with Gasteiger partial charge in [0.25, 0.3) is 0 Å². The second-order valence-electron chi connectivity index (χ2n) is 8.55. The standard InChI is InChI=1S/C29H24N2O3/c1-3-30-23-15-8-10-18(2)27(23)31-22-14-9-17-25-26(22)29(21-13-6-7-16-24(21)33-25)20-12-5-4-11-19(20)28(32)34-29/h4-17,30-31H,3H2,1-2H3. The Kier molecular flexibility index (Phi) is 4.59. The Morgan fingerprint density at radius 2 is 1.50 bits per heavy atom. The van der Waals surface area contributed by atoms with Gasteiger partial charge in [0.2, 0.25) is 0 Å². The molecule has 2 heterocycles. The van der Waals surface area contributed by atoms with Crippen molar-refractivity contribution in [2.24, 2.45) is 0 Å². The third-order valence-electron chi connectivity index (χ3n) is 6.54. The van der Waals surface area contributed by atoms with E-state index in [0.29, 0.717) is 17.1 Å². The first kappa shape index (κ1) is 20.4. The number of aryl methyl sites for hydroxylation is 1. The molecule has 4 aromatic carbocycles. The van der Waals surface area contributed by atoms with Gasteiger partial charge in [0.1, 0.15) is 11.5 Å². The molecule has 0 radical (unpaired) electrons. The quantitative estimate of drug-likeness (QED) is 0.339. The third-order valence-corrected chi connectivity index (χ3v) is 6.54. The number of rotatable bonds is 4. The number of esters is 1. The van der Waals surface area contributed by atoms with Crippen LogP contribution >= 0.6 is 0 Å². The van der Waals surface area contributed by atoms with E-state index in [2.05, 4.69) is 36.6 Å². The maximum absolute atomic E-state index is 13.1. The summed E-state index contributed by atoms with van der Waals surface area (Å²) in [6.07, 6.45) is 0. The molecule has 1 spiro atoms. The number of fused-ring (bicyclic) bond motifs is 6. The summed E-state index contributed by atoms with van der Waals surface area (Å²) in [5, 5.41) is 7.09. The predicted octanol–water partition coefficient (Wildman–Crippen LogP) is 6.74. The molecule has 0 aliphatic carbocycles. The van der Waals surface area contributed by atoms with Crippen LogP contribution in [0.4, 0.5) is 17.1 Å². The zero-order valence-corrected chi connectivity index (χ0v) is 19.0. The molecule has 1 unspecified atom stereocenters. The van der Waals surface area contributed by atoms with E-state index in [0.717, 1.165) is 45.9 Å². The second kappa shape index (κ2) is 7.66. The lowest BCUT2D eigenvalue weighted by Gasteiger charge is -2.38. The van der Waals surface area contributed by atoms with E-state index in [-0.39, 0.29) is 5.97 Å². The molecule has 2 aliphatic heterocycles. The summed E-state index contributed by atoms with van der Waals surface area (Å²) in [7, 11) is 0. The summed E-state index contributed by atoms with van der Waals surface area (Å²) in [5.41, 5.74) is 5.80. The van der Waals surface area contributed by atoms with Crippen LogP contribution in [0.2, 0.25) is 0 Å². The van der Waals surface area contributed by atoms with Gasteiger partial charge < -0.3 is 20.1 Å². The molecule has 0 aromatic heterocycles. The highest BCUT2D eigenvalue weighted by Gasteiger charge is 2.54. The number of carbonyl (C=O) groups is 1. The van der Waals surface area contributed by atoms with Crippen molar-refractivity contribution in [3.63, 3.8) is 0 Å². The molecule has 6 rings (SSSR count). The highest BCUT2D eigenvalue weighted by atomic mass is 16.6. The first-order valence-electron chi connectivity index (χ1n) is 11.5. The smallest absolute Gasteiger partial charge is 0.340 e. The number of anilines is 3. The molecule has 34 heavy (non-hydrogen) atoms. The normalized spacial score (nSPS) is 17.3. The molecule has 168 valence electrons. The van der Waals surface area contributed by atoms with Crippen LogP contribution in [-0.4, -0.2) is 12.5 Å². The lowest BCUT2D eigenvalue weighted by Crippen LogP contribution is -2.33. The van der Waals surface area contributed by atoms with Crippen LogP contribution in [0.25, 0.3) is 0 Å². The molecule has 0 saturated heterocycles. The lowest BCUT2D eigenvalue weighted by molar-refractivity contribution is 0.0227. The average Bonchev–Trinajstić information content (AvgIpc) is 3.14. The van der Waals surface area contributed by atoms with Crippen molar-refractivity contribution < 1.29 is 14.3 Å². The number of ether oxygens (including phenoxy) is 2. The van der Waals surface area contributed by atoms with E-state index in [4.69, 9.17) is 9.47 Å². The van der Waals surface area contributed by atoms with Crippen LogP contribution in [0.3, 0.4) is 0 Å². The summed E-state index contributed by atoms with van der Waals surface area (Å²) in [6, 6.07) is 27.4. The fraction of sp³-hybridized carbons (Fsp3) is 0.138. The third kappa shape index (κ3) is 2.83. The van der Waals surface area contributed by atoms with Crippen LogP contribution < -0.4 is 15.4 Å². The Balaban J connectivity index is 1.62. The first-order chi connectivity index (χ1) is 16.6. The van der Waals surface area contributed by atoms with E-state index in [9.17, 15) is 4.79 Å². The minimum Gasteiger partial charge on any atom is -0.456 e. The van der Waals surface area contributed by atoms with Gasteiger partial charge >= 0.3 is 5.97 Å². The van der Waals surface area contributed by atoms with Gasteiger partial charge in [-0.3, -0.25) is 0 Å². The molecule has 2 N–H and O–H groups in total. The van der Waals surface area contributed by atoms with Gasteiger partial charge in [-0.15, -0.1) is 0 Å². The van der Waals surface area contributed by atoms with Crippen LogP contribution in [-0.2, 0) is 10.3 Å². The molecule has 0 saturated carbocycles. The summed E-state index contributed by atoms with van der Waals surface area (Å²) >= 11 is 0. The second-order valence-corrected chi connectivity index (χ2v) is 8.55. The van der Waals surface area contributed by atoms with Gasteiger partial charge in [-0.1, -0.05) is 54.6 Å².